The fourth-order valence-corrected chi connectivity index (χ4v) is 3.23. The Labute approximate surface area is 170 Å². The maximum atomic E-state index is 12.3. The first kappa shape index (κ1) is 20.5. The Morgan fingerprint density at radius 3 is 2.41 bits per heavy atom. The van der Waals surface area contributed by atoms with Crippen LogP contribution in [-0.4, -0.2) is 41.3 Å². The molecule has 0 aliphatic carbocycles. The van der Waals surface area contributed by atoms with Crippen LogP contribution >= 0.6 is 0 Å². The number of aromatic nitrogens is 1. The smallest absolute Gasteiger partial charge is 0.305 e. The molecule has 1 aromatic carbocycles. The average molecular weight is 392 g/mol. The van der Waals surface area contributed by atoms with Gasteiger partial charge < -0.3 is 4.74 Å². The van der Waals surface area contributed by atoms with Gasteiger partial charge in [-0.05, 0) is 55.5 Å². The van der Waals surface area contributed by atoms with Crippen molar-refractivity contribution in [3.05, 3.63) is 71.1 Å². The number of benzene rings is 1. The highest BCUT2D eigenvalue weighted by atomic mass is 16.5. The van der Waals surface area contributed by atoms with Crippen molar-refractivity contribution >= 4 is 23.9 Å². The van der Waals surface area contributed by atoms with Gasteiger partial charge in [-0.3, -0.25) is 24.3 Å². The molecule has 0 unspecified atom stereocenters. The predicted octanol–water partition coefficient (Wildman–Crippen LogP) is 3.67. The molecule has 1 aliphatic rings. The van der Waals surface area contributed by atoms with Gasteiger partial charge >= 0.3 is 5.97 Å². The lowest BCUT2D eigenvalue weighted by Crippen LogP contribution is -2.30. The van der Waals surface area contributed by atoms with Gasteiger partial charge in [0.1, 0.15) is 0 Å². The molecule has 0 fully saturated rings. The number of nitrogens with zero attached hydrogens (tertiary/aromatic N) is 2. The molecule has 1 aromatic heterocycles. The molecule has 29 heavy (non-hydrogen) atoms. The number of rotatable bonds is 9. The third-order valence-corrected chi connectivity index (χ3v) is 4.85. The number of unbranched alkanes of at least 4 members (excludes halogenated alkanes) is 1. The van der Waals surface area contributed by atoms with Crippen LogP contribution in [0.25, 0.3) is 6.08 Å². The summed E-state index contributed by atoms with van der Waals surface area (Å²) in [5.41, 5.74) is 2.94. The summed E-state index contributed by atoms with van der Waals surface area (Å²) < 4.78 is 4.60. The highest BCUT2D eigenvalue weighted by molar-refractivity contribution is 6.21. The molecule has 0 atom stereocenters. The summed E-state index contributed by atoms with van der Waals surface area (Å²) in [5.74, 6) is -0.620. The fraction of sp³-hybridized carbons (Fsp3) is 0.304. The van der Waals surface area contributed by atoms with Crippen molar-refractivity contribution in [2.24, 2.45) is 0 Å². The van der Waals surface area contributed by atoms with E-state index in [1.165, 1.54) is 12.0 Å². The van der Waals surface area contributed by atoms with Crippen molar-refractivity contribution in [1.29, 1.82) is 0 Å². The average Bonchev–Trinajstić information content (AvgIpc) is 3.00. The molecule has 3 rings (SSSR count). The minimum atomic E-state index is -0.223. The second-order valence-corrected chi connectivity index (χ2v) is 6.87. The number of allylic oxidation sites excluding steroid dienone is 1. The molecule has 2 aromatic rings. The van der Waals surface area contributed by atoms with Crippen molar-refractivity contribution in [2.75, 3.05) is 13.7 Å². The summed E-state index contributed by atoms with van der Waals surface area (Å²) in [6.07, 6.45) is 9.05. The van der Waals surface area contributed by atoms with Crippen molar-refractivity contribution in [1.82, 2.24) is 9.88 Å². The lowest BCUT2D eigenvalue weighted by Gasteiger charge is -2.13. The Balaban J connectivity index is 1.41. The number of fused-ring (bicyclic) bond motifs is 1. The molecule has 0 bridgehead atoms. The highest BCUT2D eigenvalue weighted by Crippen LogP contribution is 2.22. The van der Waals surface area contributed by atoms with Gasteiger partial charge in [-0.2, -0.15) is 0 Å². The van der Waals surface area contributed by atoms with Crippen LogP contribution in [0.3, 0.4) is 0 Å². The van der Waals surface area contributed by atoms with Crippen LogP contribution in [0.1, 0.15) is 57.7 Å². The van der Waals surface area contributed by atoms with Crippen molar-refractivity contribution < 1.29 is 19.1 Å². The molecule has 1 aliphatic heterocycles. The number of aryl methyl sites for hydroxylation is 1. The van der Waals surface area contributed by atoms with Crippen molar-refractivity contribution in [2.45, 2.75) is 32.1 Å². The summed E-state index contributed by atoms with van der Waals surface area (Å²) in [7, 11) is 1.38. The number of methoxy groups -OCH3 is 1. The highest BCUT2D eigenvalue weighted by Gasteiger charge is 2.34. The zero-order valence-corrected chi connectivity index (χ0v) is 16.5. The summed E-state index contributed by atoms with van der Waals surface area (Å²) >= 11 is 0. The van der Waals surface area contributed by atoms with E-state index >= 15 is 0 Å². The Morgan fingerprint density at radius 2 is 1.79 bits per heavy atom. The predicted molar refractivity (Wildman–Crippen MR) is 109 cm³/mol. The van der Waals surface area contributed by atoms with E-state index in [1.807, 2.05) is 30.5 Å². The van der Waals surface area contributed by atoms with Gasteiger partial charge in [-0.25, -0.2) is 0 Å². The van der Waals surface area contributed by atoms with Crippen molar-refractivity contribution in [3.63, 3.8) is 0 Å². The first-order chi connectivity index (χ1) is 14.1. The van der Waals surface area contributed by atoms with Gasteiger partial charge in [-0.1, -0.05) is 24.3 Å². The van der Waals surface area contributed by atoms with Gasteiger partial charge in [0.25, 0.3) is 11.8 Å². The van der Waals surface area contributed by atoms with Crippen molar-refractivity contribution in [3.8, 4) is 0 Å². The largest absolute Gasteiger partial charge is 0.469 e. The van der Waals surface area contributed by atoms with E-state index < -0.39 is 0 Å². The maximum absolute atomic E-state index is 12.3. The quantitative estimate of drug-likeness (QED) is 0.370. The van der Waals surface area contributed by atoms with Crippen LogP contribution < -0.4 is 0 Å². The number of ether oxygens (including phenoxy) is 1. The molecule has 0 saturated carbocycles. The second kappa shape index (κ2) is 9.78. The van der Waals surface area contributed by atoms with Crippen LogP contribution in [-0.2, 0) is 16.0 Å². The third kappa shape index (κ3) is 5.16. The summed E-state index contributed by atoms with van der Waals surface area (Å²) in [5, 5.41) is 0. The molecule has 0 spiro atoms. The fourth-order valence-electron chi connectivity index (χ4n) is 3.23. The molecule has 0 N–H and O–H groups in total. The number of pyridine rings is 1. The van der Waals surface area contributed by atoms with E-state index in [0.717, 1.165) is 30.5 Å². The SMILES string of the molecule is COC(=O)CC/C=C/c1ccc(CCCCN2C(=O)c3ccccc3C2=O)cn1. The minimum Gasteiger partial charge on any atom is -0.469 e. The Bertz CT molecular complexity index is 884. The van der Waals surface area contributed by atoms with Crippen LogP contribution in [0.4, 0.5) is 0 Å². The zero-order chi connectivity index (χ0) is 20.6. The number of amides is 2. The van der Waals surface area contributed by atoms with Crippen LogP contribution in [0.15, 0.2) is 48.7 Å². The monoisotopic (exact) mass is 392 g/mol. The van der Waals surface area contributed by atoms with Gasteiger partial charge in [0.15, 0.2) is 0 Å². The van der Waals surface area contributed by atoms with Gasteiger partial charge in [0, 0.05) is 19.2 Å². The number of hydrogen-bond acceptors (Lipinski definition) is 5. The van der Waals surface area contributed by atoms with E-state index in [2.05, 4.69) is 9.72 Å². The Kier molecular flexibility index (Phi) is 6.89. The topological polar surface area (TPSA) is 76.6 Å². The number of imide groups is 1. The molecular weight excluding hydrogens is 368 g/mol. The molecule has 2 amide bonds. The summed E-state index contributed by atoms with van der Waals surface area (Å²) in [6.45, 7) is 0.431. The number of carbonyl (C=O) groups is 3. The van der Waals surface area contributed by atoms with Gasteiger partial charge in [-0.15, -0.1) is 0 Å². The van der Waals surface area contributed by atoms with Crippen LogP contribution in [0, 0.1) is 0 Å². The standard InChI is InChI=1S/C23H24N2O4/c1-29-21(26)12-5-2-9-18-14-13-17(16-24-18)8-6-7-15-25-22(27)19-10-3-4-11-20(19)23(25)28/h2-4,9-11,13-14,16H,5-8,12,15H2,1H3/b9-2+. The minimum absolute atomic E-state index is 0.199. The molecule has 0 saturated heterocycles. The Hall–Kier alpha value is -3.28. The number of carbonyl (C=O) groups excluding carboxylic acids is 3. The van der Waals surface area contributed by atoms with E-state index in [9.17, 15) is 14.4 Å². The zero-order valence-electron chi connectivity index (χ0n) is 16.5. The third-order valence-electron chi connectivity index (χ3n) is 4.85. The molecule has 2 heterocycles. The lowest BCUT2D eigenvalue weighted by atomic mass is 10.1. The molecule has 6 heteroatoms. The normalized spacial score (nSPS) is 13.2. The maximum Gasteiger partial charge on any atom is 0.305 e. The molecule has 6 nitrogen and oxygen atoms in total. The van der Waals surface area contributed by atoms with Crippen LogP contribution in [0.5, 0.6) is 0 Å². The number of hydrogen-bond donors (Lipinski definition) is 0. The van der Waals surface area contributed by atoms with Gasteiger partial charge in [0.05, 0.1) is 23.9 Å². The van der Waals surface area contributed by atoms with E-state index in [0.29, 0.717) is 30.5 Å². The summed E-state index contributed by atoms with van der Waals surface area (Å²) in [6, 6.07) is 10.9. The van der Waals surface area contributed by atoms with Crippen LogP contribution in [0.2, 0.25) is 0 Å². The van der Waals surface area contributed by atoms with Gasteiger partial charge in [0.2, 0.25) is 0 Å². The first-order valence-electron chi connectivity index (χ1n) is 9.73. The molecule has 0 radical (unpaired) electrons. The first-order valence-corrected chi connectivity index (χ1v) is 9.73. The number of esters is 1. The summed E-state index contributed by atoms with van der Waals surface area (Å²) in [4.78, 5) is 41.5. The van der Waals surface area contributed by atoms with E-state index in [1.54, 1.807) is 24.3 Å². The van der Waals surface area contributed by atoms with E-state index in [-0.39, 0.29) is 17.8 Å². The van der Waals surface area contributed by atoms with E-state index in [4.69, 9.17) is 0 Å². The molecule has 150 valence electrons. The molecular formula is C23H24N2O4. The lowest BCUT2D eigenvalue weighted by molar-refractivity contribution is -0.140. The Morgan fingerprint density at radius 1 is 1.07 bits per heavy atom. The second-order valence-electron chi connectivity index (χ2n) is 6.87.